The van der Waals surface area contributed by atoms with Crippen molar-refractivity contribution in [1.82, 2.24) is 0 Å². The normalized spacial score (nSPS) is 1.71. The molecule has 0 N–H and O–H groups in total. The van der Waals surface area contributed by atoms with E-state index in [-0.39, 0.29) is 17.0 Å². The first-order valence-electron chi connectivity index (χ1n) is 1.50. The Hall–Kier alpha value is -0.300. The Bertz CT molecular complexity index is 8.90. The second-order valence-electron chi connectivity index (χ2n) is 0. The van der Waals surface area contributed by atoms with Gasteiger partial charge in [0.15, 0.2) is 0 Å². The van der Waals surface area contributed by atoms with Crippen molar-refractivity contribution in [2.24, 2.45) is 0 Å². The van der Waals surface area contributed by atoms with Gasteiger partial charge >= 0.3 is 0 Å². The van der Waals surface area contributed by atoms with Crippen LogP contribution in [0.15, 0.2) is 39.5 Å². The van der Waals surface area contributed by atoms with Gasteiger partial charge in [0.25, 0.3) is 0 Å². The maximum absolute atomic E-state index is 3.00. The Kier molecular flexibility index (Phi) is 5970. The first kappa shape index (κ1) is 29.9. The molecule has 0 atom stereocenters. The van der Waals surface area contributed by atoms with Crippen LogP contribution in [0.3, 0.4) is 0 Å². The fourth-order valence-corrected chi connectivity index (χ4v) is 0. The van der Waals surface area contributed by atoms with Crippen LogP contribution in [0, 0.1) is 0 Å². The summed E-state index contributed by atoms with van der Waals surface area (Å²) in [6.45, 7) is 18.0. The minimum Gasteiger partial charge on any atom is -0.114 e. The van der Waals surface area contributed by atoms with Crippen LogP contribution in [0.4, 0.5) is 0 Å². The Labute approximate surface area is 57.0 Å². The zero-order valence-corrected chi connectivity index (χ0v) is 6.36. The van der Waals surface area contributed by atoms with Crippen molar-refractivity contribution in [3.05, 3.63) is 39.5 Å². The van der Waals surface area contributed by atoms with Crippen LogP contribution in [-0.2, 0) is 0 Å². The third-order valence-electron chi connectivity index (χ3n) is 0. The van der Waals surface area contributed by atoms with E-state index in [9.17, 15) is 0 Å². The fraction of sp³-hybridized carbons (Fsp3) is 0. The molecule has 0 nitrogen and oxygen atoms in total. The van der Waals surface area contributed by atoms with Crippen molar-refractivity contribution in [1.29, 1.82) is 0 Å². The van der Waals surface area contributed by atoms with Crippen molar-refractivity contribution in [3.8, 4) is 0 Å². The summed E-state index contributed by atoms with van der Waals surface area (Å²) in [5.41, 5.74) is 0. The van der Waals surface area contributed by atoms with Crippen LogP contribution < -0.4 is 0 Å². The molecular weight excluding hydrogens is 152 g/mol. The molecule has 0 aromatic rings. The third kappa shape index (κ3) is 867. The highest BCUT2D eigenvalue weighted by molar-refractivity contribution is 8.93. The number of hydrogen-bond acceptors (Lipinski definition) is 0. The number of halogens is 1. The molecule has 0 aliphatic carbocycles. The van der Waals surface area contributed by atoms with E-state index in [1.54, 1.807) is 0 Å². The van der Waals surface area contributed by atoms with Crippen molar-refractivity contribution < 1.29 is 0 Å². The van der Waals surface area contributed by atoms with Gasteiger partial charge in [-0.15, -0.1) is 56.5 Å². The zero-order valence-electron chi connectivity index (χ0n) is 4.65. The van der Waals surface area contributed by atoms with E-state index >= 15 is 0 Å². The highest BCUT2D eigenvalue weighted by Crippen LogP contribution is 0.866. The Morgan fingerprint density at radius 3 is 0.429 bits per heavy atom. The smallest absolute Gasteiger partial charge is 0.106 e. The first-order valence-corrected chi connectivity index (χ1v) is 1.50. The second kappa shape index (κ2) is 1400. The molecule has 0 rings (SSSR count). The van der Waals surface area contributed by atoms with Gasteiger partial charge in [-0.3, -0.25) is 0 Å². The summed E-state index contributed by atoms with van der Waals surface area (Å²) in [4.78, 5) is 0. The topological polar surface area (TPSA) is 0 Å². The van der Waals surface area contributed by atoms with Crippen LogP contribution in [0.5, 0.6) is 0 Å². The zero-order chi connectivity index (χ0) is 6.00. The maximum atomic E-state index is 3.00. The predicted molar refractivity (Wildman–Crippen MR) is 44.1 cm³/mol. The van der Waals surface area contributed by atoms with Crippen LogP contribution in [-0.4, -0.2) is 0 Å². The molecule has 0 heterocycles. The van der Waals surface area contributed by atoms with Crippen LogP contribution in [0.1, 0.15) is 0 Å². The molecule has 0 fully saturated rings. The molecule has 0 aromatic heterocycles. The first-order chi connectivity index (χ1) is 3.00. The summed E-state index contributed by atoms with van der Waals surface area (Å²) in [6.07, 6.45) is 0. The van der Waals surface area contributed by atoms with Crippen LogP contribution in [0.25, 0.3) is 0 Å². The summed E-state index contributed by atoms with van der Waals surface area (Å²) >= 11 is 0. The fourth-order valence-electron chi connectivity index (χ4n) is 0. The van der Waals surface area contributed by atoms with Crippen molar-refractivity contribution in [2.75, 3.05) is 0 Å². The van der Waals surface area contributed by atoms with Gasteiger partial charge in [-0.2, -0.15) is 0 Å². The molecule has 0 bridgehead atoms. The lowest BCUT2D eigenvalue weighted by molar-refractivity contribution is 2.81. The van der Waals surface area contributed by atoms with E-state index in [0.717, 1.165) is 0 Å². The summed E-state index contributed by atoms with van der Waals surface area (Å²) < 4.78 is 0. The quantitative estimate of drug-likeness (QED) is 0.484. The van der Waals surface area contributed by atoms with Gasteiger partial charge in [-0.25, -0.2) is 0 Å². The molecule has 0 aromatic carbocycles. The molecular formula is C6H13Br. The molecule has 0 saturated carbocycles. The largest absolute Gasteiger partial charge is 0.114 e. The van der Waals surface area contributed by atoms with Gasteiger partial charge in [0.2, 0.25) is 0 Å². The maximum Gasteiger partial charge on any atom is -0.106 e. The van der Waals surface area contributed by atoms with Crippen molar-refractivity contribution in [2.45, 2.75) is 0 Å². The molecule has 0 aliphatic rings. The van der Waals surface area contributed by atoms with Gasteiger partial charge in [0, 0.05) is 0 Å². The van der Waals surface area contributed by atoms with Crippen LogP contribution >= 0.6 is 17.0 Å². The van der Waals surface area contributed by atoms with Gasteiger partial charge in [0.1, 0.15) is 0 Å². The minimum absolute atomic E-state index is 0. The van der Waals surface area contributed by atoms with E-state index in [2.05, 4.69) is 39.5 Å². The highest BCUT2D eigenvalue weighted by atomic mass is 79.9. The molecule has 7 heavy (non-hydrogen) atoms. The van der Waals surface area contributed by atoms with Gasteiger partial charge in [-0.1, -0.05) is 0 Å². The summed E-state index contributed by atoms with van der Waals surface area (Å²) in [6, 6.07) is 0. The monoisotopic (exact) mass is 164 g/mol. The molecule has 0 radical (unpaired) electrons. The van der Waals surface area contributed by atoms with E-state index in [4.69, 9.17) is 0 Å². The van der Waals surface area contributed by atoms with Gasteiger partial charge in [0.05, 0.1) is 0 Å². The SMILES string of the molecule is Br.C=C.C=C.C=C. The Balaban J connectivity index is -0.00000000900. The summed E-state index contributed by atoms with van der Waals surface area (Å²) in [5.74, 6) is 0. The molecule has 0 saturated heterocycles. The summed E-state index contributed by atoms with van der Waals surface area (Å²) in [7, 11) is 0. The Morgan fingerprint density at radius 1 is 0.429 bits per heavy atom. The second-order valence-corrected chi connectivity index (χ2v) is 0. The third-order valence-corrected chi connectivity index (χ3v) is 0. The van der Waals surface area contributed by atoms with E-state index < -0.39 is 0 Å². The lowest BCUT2D eigenvalue weighted by atomic mass is 11.3. The van der Waals surface area contributed by atoms with E-state index in [1.165, 1.54) is 0 Å². The minimum atomic E-state index is 0. The molecule has 44 valence electrons. The summed E-state index contributed by atoms with van der Waals surface area (Å²) in [5, 5.41) is 0. The molecule has 0 amide bonds. The Morgan fingerprint density at radius 2 is 0.429 bits per heavy atom. The standard InChI is InChI=1S/3C2H4.BrH/c3*1-2;/h3*1-2H2;1H. The number of hydrogen-bond donors (Lipinski definition) is 0. The lowest BCUT2D eigenvalue weighted by Gasteiger charge is -0.813. The molecule has 1 heteroatoms. The van der Waals surface area contributed by atoms with E-state index in [1.807, 2.05) is 0 Å². The highest BCUT2D eigenvalue weighted by Gasteiger charge is 0.605. The van der Waals surface area contributed by atoms with Gasteiger partial charge < -0.3 is 0 Å². The molecule has 0 spiro atoms. The van der Waals surface area contributed by atoms with Crippen molar-refractivity contribution >= 4 is 17.0 Å². The lowest BCUT2D eigenvalue weighted by Crippen LogP contribution is -0.552. The molecule has 0 unspecified atom stereocenters. The van der Waals surface area contributed by atoms with Gasteiger partial charge in [-0.05, 0) is 0 Å². The van der Waals surface area contributed by atoms with E-state index in [0.29, 0.717) is 0 Å². The van der Waals surface area contributed by atoms with Crippen LogP contribution in [0.2, 0.25) is 0 Å². The average Bonchev–Trinajstić information content (AvgIpc) is 1.81. The van der Waals surface area contributed by atoms with Crippen molar-refractivity contribution in [3.63, 3.8) is 0 Å². The number of rotatable bonds is 0. The molecule has 0 aliphatic heterocycles. The average molecular weight is 165 g/mol. The predicted octanol–water partition coefficient (Wildman–Crippen LogP) is 2.98.